The molecule has 1 amide bonds. The number of tetrazole rings is 1. The van der Waals surface area contributed by atoms with Crippen LogP contribution in [0.15, 0.2) is 73.1 Å². The molecule has 160 valence electrons. The molecule has 0 saturated carbocycles. The zero-order valence-electron chi connectivity index (χ0n) is 18.0. The molecule has 0 saturated heterocycles. The Balaban J connectivity index is 1.52. The second-order valence-corrected chi connectivity index (χ2v) is 7.96. The lowest BCUT2D eigenvalue weighted by Gasteiger charge is -2.10. The van der Waals surface area contributed by atoms with Crippen LogP contribution in [0.5, 0.6) is 0 Å². The van der Waals surface area contributed by atoms with Gasteiger partial charge >= 0.3 is 0 Å². The lowest BCUT2D eigenvalue weighted by atomic mass is 10.1. The fourth-order valence-corrected chi connectivity index (χ4v) is 4.46. The van der Waals surface area contributed by atoms with Crippen molar-refractivity contribution in [3.05, 3.63) is 90.0 Å². The lowest BCUT2D eigenvalue weighted by molar-refractivity contribution is 0.102. The van der Waals surface area contributed by atoms with Crippen LogP contribution in [0.25, 0.3) is 33.0 Å². The highest BCUT2D eigenvalue weighted by Crippen LogP contribution is 2.36. The van der Waals surface area contributed by atoms with E-state index in [-0.39, 0.29) is 5.91 Å². The number of aromatic nitrogens is 6. The summed E-state index contributed by atoms with van der Waals surface area (Å²) in [6, 6.07) is 21.5. The van der Waals surface area contributed by atoms with Crippen molar-refractivity contribution in [1.29, 1.82) is 0 Å². The fraction of sp³-hybridized carbons (Fsp3) is 0.0800. The van der Waals surface area contributed by atoms with Gasteiger partial charge in [0.25, 0.3) is 5.91 Å². The van der Waals surface area contributed by atoms with Crippen LogP contribution < -0.4 is 5.32 Å². The van der Waals surface area contributed by atoms with E-state index in [1.807, 2.05) is 74.5 Å². The Hall–Kier alpha value is -4.59. The summed E-state index contributed by atoms with van der Waals surface area (Å²) in [6.07, 6.45) is 1.53. The number of para-hydroxylation sites is 2. The monoisotopic (exact) mass is 433 g/mol. The summed E-state index contributed by atoms with van der Waals surface area (Å²) < 4.78 is 3.69. The van der Waals surface area contributed by atoms with Crippen LogP contribution in [0.2, 0.25) is 0 Å². The first-order valence-electron chi connectivity index (χ1n) is 10.6. The molecule has 3 aromatic heterocycles. The fourth-order valence-electron chi connectivity index (χ4n) is 4.46. The highest BCUT2D eigenvalue weighted by atomic mass is 16.1. The maximum absolute atomic E-state index is 13.4. The van der Waals surface area contributed by atoms with Crippen molar-refractivity contribution in [1.82, 2.24) is 29.6 Å². The van der Waals surface area contributed by atoms with Gasteiger partial charge in [-0.2, -0.15) is 0 Å². The van der Waals surface area contributed by atoms with E-state index in [1.54, 1.807) is 10.7 Å². The molecule has 8 heteroatoms. The highest BCUT2D eigenvalue weighted by Gasteiger charge is 2.19. The van der Waals surface area contributed by atoms with Crippen LogP contribution in [0.1, 0.15) is 21.7 Å². The number of amides is 1. The van der Waals surface area contributed by atoms with Crippen molar-refractivity contribution >= 4 is 38.9 Å². The van der Waals surface area contributed by atoms with Crippen molar-refractivity contribution < 1.29 is 4.79 Å². The molecule has 8 nitrogen and oxygen atoms in total. The quantitative estimate of drug-likeness (QED) is 0.444. The minimum absolute atomic E-state index is 0.182. The molecule has 0 bridgehead atoms. The summed E-state index contributed by atoms with van der Waals surface area (Å²) in [4.78, 5) is 18.2. The zero-order chi connectivity index (χ0) is 22.5. The van der Waals surface area contributed by atoms with Gasteiger partial charge in [0, 0.05) is 16.3 Å². The number of anilines is 1. The third-order valence-electron chi connectivity index (χ3n) is 5.93. The summed E-state index contributed by atoms with van der Waals surface area (Å²) >= 11 is 0. The predicted molar refractivity (Wildman–Crippen MR) is 127 cm³/mol. The molecule has 0 atom stereocenters. The molecule has 1 N–H and O–H groups in total. The number of hydrogen-bond donors (Lipinski definition) is 1. The van der Waals surface area contributed by atoms with Crippen LogP contribution in [-0.2, 0) is 0 Å². The van der Waals surface area contributed by atoms with Crippen molar-refractivity contribution in [2.24, 2.45) is 0 Å². The Kier molecular flexibility index (Phi) is 4.19. The molecule has 6 aromatic rings. The Bertz CT molecular complexity index is 1680. The Morgan fingerprint density at radius 2 is 1.73 bits per heavy atom. The van der Waals surface area contributed by atoms with Gasteiger partial charge in [0.2, 0.25) is 0 Å². The molecule has 3 aromatic carbocycles. The number of carbonyl (C=O) groups excluding carboxylic acids is 1. The van der Waals surface area contributed by atoms with Gasteiger partial charge < -0.3 is 5.32 Å². The van der Waals surface area contributed by atoms with Crippen LogP contribution >= 0.6 is 0 Å². The van der Waals surface area contributed by atoms with Crippen LogP contribution in [0.4, 0.5) is 5.69 Å². The average Bonchev–Trinajstić information content (AvgIpc) is 3.47. The topological polar surface area (TPSA) is 90.0 Å². The smallest absolute Gasteiger partial charge is 0.255 e. The number of rotatable bonds is 3. The molecule has 33 heavy (non-hydrogen) atoms. The van der Waals surface area contributed by atoms with Crippen LogP contribution in [0.3, 0.4) is 0 Å². The Labute approximate surface area is 188 Å². The number of benzene rings is 3. The van der Waals surface area contributed by atoms with Gasteiger partial charge in [0.05, 0.1) is 27.9 Å². The SMILES string of the molecule is Cc1cc(C(=O)Nc2c3ccccc3n3c(C)nc4ccccc4c23)ccc1-n1cnnn1. The Morgan fingerprint density at radius 1 is 0.939 bits per heavy atom. The number of carbonyl (C=O) groups is 1. The van der Waals surface area contributed by atoms with Crippen LogP contribution in [-0.4, -0.2) is 35.5 Å². The van der Waals surface area contributed by atoms with Gasteiger partial charge in [-0.15, -0.1) is 5.10 Å². The van der Waals surface area contributed by atoms with E-state index in [0.29, 0.717) is 5.56 Å². The largest absolute Gasteiger partial charge is 0.320 e. The average molecular weight is 433 g/mol. The standard InChI is InChI=1S/C25H19N7O/c1-15-13-17(11-12-21(15)31-14-26-29-30-31)25(33)28-23-19-8-4-6-10-22(19)32-16(2)27-20-9-5-3-7-18(20)24(23)32/h3-14H,1-2H3,(H,28,33). The van der Waals surface area contributed by atoms with E-state index >= 15 is 0 Å². The van der Waals surface area contributed by atoms with E-state index in [2.05, 4.69) is 25.2 Å². The summed E-state index contributed by atoms with van der Waals surface area (Å²) in [5.74, 6) is 0.681. The summed E-state index contributed by atoms with van der Waals surface area (Å²) in [6.45, 7) is 3.91. The molecule has 0 aliphatic carbocycles. The zero-order valence-corrected chi connectivity index (χ0v) is 18.0. The molecular formula is C25H19N7O. The van der Waals surface area contributed by atoms with E-state index in [4.69, 9.17) is 4.98 Å². The first-order valence-corrected chi connectivity index (χ1v) is 10.6. The van der Waals surface area contributed by atoms with E-state index < -0.39 is 0 Å². The third-order valence-corrected chi connectivity index (χ3v) is 5.93. The van der Waals surface area contributed by atoms with Gasteiger partial charge in [0.15, 0.2) is 0 Å². The van der Waals surface area contributed by atoms with Crippen molar-refractivity contribution in [3.8, 4) is 5.69 Å². The highest BCUT2D eigenvalue weighted by molar-refractivity contribution is 6.18. The summed E-state index contributed by atoms with van der Waals surface area (Å²) in [5, 5.41) is 16.4. The number of fused-ring (bicyclic) bond motifs is 5. The number of hydrogen-bond acceptors (Lipinski definition) is 5. The lowest BCUT2D eigenvalue weighted by Crippen LogP contribution is -2.13. The van der Waals surface area contributed by atoms with E-state index in [0.717, 1.165) is 50.1 Å². The molecular weight excluding hydrogens is 414 g/mol. The molecule has 0 radical (unpaired) electrons. The van der Waals surface area contributed by atoms with Gasteiger partial charge in [-0.3, -0.25) is 9.20 Å². The van der Waals surface area contributed by atoms with E-state index in [9.17, 15) is 4.79 Å². The van der Waals surface area contributed by atoms with Gasteiger partial charge in [-0.25, -0.2) is 9.67 Å². The molecule has 0 fully saturated rings. The first kappa shape index (κ1) is 19.1. The molecule has 0 unspecified atom stereocenters. The van der Waals surface area contributed by atoms with Crippen molar-refractivity contribution in [2.75, 3.05) is 5.32 Å². The second kappa shape index (κ2) is 7.23. The van der Waals surface area contributed by atoms with Gasteiger partial charge in [-0.05, 0) is 60.2 Å². The minimum atomic E-state index is -0.182. The van der Waals surface area contributed by atoms with Crippen molar-refractivity contribution in [2.45, 2.75) is 13.8 Å². The predicted octanol–water partition coefficient (Wildman–Crippen LogP) is 4.49. The van der Waals surface area contributed by atoms with Crippen molar-refractivity contribution in [3.63, 3.8) is 0 Å². The molecule has 6 rings (SSSR count). The number of aryl methyl sites for hydroxylation is 2. The summed E-state index contributed by atoms with van der Waals surface area (Å²) in [5.41, 5.74) is 5.89. The van der Waals surface area contributed by atoms with Gasteiger partial charge in [0.1, 0.15) is 12.2 Å². The first-order chi connectivity index (χ1) is 16.1. The van der Waals surface area contributed by atoms with Gasteiger partial charge in [-0.1, -0.05) is 36.4 Å². The van der Waals surface area contributed by atoms with Crippen LogP contribution in [0, 0.1) is 13.8 Å². The summed E-state index contributed by atoms with van der Waals surface area (Å²) in [7, 11) is 0. The maximum atomic E-state index is 13.4. The van der Waals surface area contributed by atoms with E-state index in [1.165, 1.54) is 6.33 Å². The minimum Gasteiger partial charge on any atom is -0.320 e. The number of nitrogens with zero attached hydrogens (tertiary/aromatic N) is 6. The molecule has 3 heterocycles. The second-order valence-electron chi connectivity index (χ2n) is 7.96. The number of nitrogens with one attached hydrogen (secondary N) is 1. The third kappa shape index (κ3) is 2.95. The maximum Gasteiger partial charge on any atom is 0.255 e. The Morgan fingerprint density at radius 3 is 2.52 bits per heavy atom. The normalized spacial score (nSPS) is 11.5. The molecule has 0 aliphatic heterocycles. The molecule has 0 aliphatic rings. The molecule has 0 spiro atoms.